The first-order chi connectivity index (χ1) is 10.7. The molecule has 1 fully saturated rings. The Labute approximate surface area is 127 Å². The third-order valence-corrected chi connectivity index (χ3v) is 3.45. The van der Waals surface area contributed by atoms with Crippen LogP contribution < -0.4 is 10.5 Å². The molecule has 1 aromatic carbocycles. The van der Waals surface area contributed by atoms with Gasteiger partial charge in [0.25, 0.3) is 5.56 Å². The minimum absolute atomic E-state index is 0.223. The Morgan fingerprint density at radius 3 is 2.41 bits per heavy atom. The van der Waals surface area contributed by atoms with Gasteiger partial charge < -0.3 is 9.74 Å². The Balaban J connectivity index is 1.54. The average molecular weight is 300 g/mol. The minimum Gasteiger partial charge on any atom is -0.364 e. The lowest BCUT2D eigenvalue weighted by molar-refractivity contribution is -0.112. The summed E-state index contributed by atoms with van der Waals surface area (Å²) >= 11 is 0. The molecule has 2 heterocycles. The molecule has 0 spiro atoms. The van der Waals surface area contributed by atoms with Crippen LogP contribution in [-0.4, -0.2) is 47.4 Å². The van der Waals surface area contributed by atoms with Gasteiger partial charge in [0.2, 0.25) is 0 Å². The summed E-state index contributed by atoms with van der Waals surface area (Å²) in [7, 11) is 0. The number of aromatic nitrogens is 2. The molecule has 0 radical (unpaired) electrons. The average Bonchev–Trinajstić information content (AvgIpc) is 2.57. The van der Waals surface area contributed by atoms with Gasteiger partial charge in [0.15, 0.2) is 0 Å². The Bertz CT molecular complexity index is 673. The van der Waals surface area contributed by atoms with Gasteiger partial charge in [-0.15, -0.1) is 5.06 Å². The van der Waals surface area contributed by atoms with Crippen molar-refractivity contribution in [3.05, 3.63) is 58.4 Å². The SMILES string of the molecule is O=C(ON1CCN(c2ccc(=O)[nH]n2)CC1)c1ccccc1. The molecule has 0 aliphatic carbocycles. The van der Waals surface area contributed by atoms with Crippen LogP contribution in [0.2, 0.25) is 0 Å². The molecule has 2 aromatic rings. The van der Waals surface area contributed by atoms with E-state index in [0.29, 0.717) is 37.6 Å². The van der Waals surface area contributed by atoms with Gasteiger partial charge in [-0.3, -0.25) is 4.79 Å². The number of carbonyl (C=O) groups excluding carboxylic acids is 1. The lowest BCUT2D eigenvalue weighted by atomic mass is 10.2. The molecule has 22 heavy (non-hydrogen) atoms. The first-order valence-electron chi connectivity index (χ1n) is 7.05. The van der Waals surface area contributed by atoms with E-state index < -0.39 is 0 Å². The normalized spacial score (nSPS) is 15.5. The Kier molecular flexibility index (Phi) is 4.15. The first-order valence-corrected chi connectivity index (χ1v) is 7.05. The topological polar surface area (TPSA) is 78.5 Å². The molecule has 7 heteroatoms. The number of H-pyrrole nitrogens is 1. The number of carbonyl (C=O) groups is 1. The van der Waals surface area contributed by atoms with Crippen LogP contribution in [0.4, 0.5) is 5.82 Å². The highest BCUT2D eigenvalue weighted by atomic mass is 16.7. The summed E-state index contributed by atoms with van der Waals surface area (Å²) in [5.41, 5.74) is 0.311. The monoisotopic (exact) mass is 300 g/mol. The molecule has 1 aromatic heterocycles. The van der Waals surface area contributed by atoms with Gasteiger partial charge in [0.05, 0.1) is 18.7 Å². The van der Waals surface area contributed by atoms with E-state index in [4.69, 9.17) is 4.84 Å². The van der Waals surface area contributed by atoms with Crippen LogP contribution in [0, 0.1) is 0 Å². The summed E-state index contributed by atoms with van der Waals surface area (Å²) < 4.78 is 0. The van der Waals surface area contributed by atoms with Gasteiger partial charge >= 0.3 is 5.97 Å². The fraction of sp³-hybridized carbons (Fsp3) is 0.267. The van der Waals surface area contributed by atoms with Crippen molar-refractivity contribution in [2.24, 2.45) is 0 Å². The van der Waals surface area contributed by atoms with Gasteiger partial charge in [-0.1, -0.05) is 18.2 Å². The zero-order valence-electron chi connectivity index (χ0n) is 11.9. The number of hydrogen-bond acceptors (Lipinski definition) is 6. The molecule has 7 nitrogen and oxygen atoms in total. The highest BCUT2D eigenvalue weighted by Crippen LogP contribution is 2.12. The number of anilines is 1. The van der Waals surface area contributed by atoms with Crippen LogP contribution in [0.25, 0.3) is 0 Å². The van der Waals surface area contributed by atoms with Crippen molar-refractivity contribution < 1.29 is 9.63 Å². The fourth-order valence-corrected chi connectivity index (χ4v) is 2.27. The Morgan fingerprint density at radius 1 is 1.05 bits per heavy atom. The van der Waals surface area contributed by atoms with Crippen LogP contribution in [-0.2, 0) is 4.84 Å². The molecule has 1 saturated heterocycles. The molecular weight excluding hydrogens is 284 g/mol. The quantitative estimate of drug-likeness (QED) is 0.897. The summed E-state index contributed by atoms with van der Waals surface area (Å²) in [5.74, 6) is 0.366. The second kappa shape index (κ2) is 6.40. The number of benzene rings is 1. The van der Waals surface area contributed by atoms with Gasteiger partial charge in [-0.05, 0) is 18.2 Å². The highest BCUT2D eigenvalue weighted by Gasteiger charge is 2.21. The molecule has 3 rings (SSSR count). The van der Waals surface area contributed by atoms with Crippen molar-refractivity contribution in [3.8, 4) is 0 Å². The molecule has 1 N–H and O–H groups in total. The standard InChI is InChI=1S/C15H16N4O3/c20-14-7-6-13(16-17-14)18-8-10-19(11-9-18)22-15(21)12-4-2-1-3-5-12/h1-7H,8-11H2,(H,17,20). The van der Waals surface area contributed by atoms with Gasteiger partial charge in [0.1, 0.15) is 5.82 Å². The number of hydrogen-bond donors (Lipinski definition) is 1. The van der Waals surface area contributed by atoms with Gasteiger partial charge in [-0.2, -0.15) is 5.10 Å². The largest absolute Gasteiger partial charge is 0.364 e. The maximum atomic E-state index is 12.0. The van der Waals surface area contributed by atoms with Crippen LogP contribution >= 0.6 is 0 Å². The Hall–Kier alpha value is -2.67. The van der Waals surface area contributed by atoms with Crippen molar-refractivity contribution in [2.45, 2.75) is 0 Å². The van der Waals surface area contributed by atoms with Crippen LogP contribution in [0.3, 0.4) is 0 Å². The summed E-state index contributed by atoms with van der Waals surface area (Å²) in [5, 5.41) is 8.06. The molecule has 1 aliphatic rings. The summed E-state index contributed by atoms with van der Waals surface area (Å²) in [6.07, 6.45) is 0. The summed E-state index contributed by atoms with van der Waals surface area (Å²) in [4.78, 5) is 30.4. The molecule has 0 bridgehead atoms. The number of rotatable bonds is 3. The second-order valence-electron chi connectivity index (χ2n) is 4.94. The van der Waals surface area contributed by atoms with Gasteiger partial charge in [0, 0.05) is 19.2 Å². The van der Waals surface area contributed by atoms with E-state index in [1.54, 1.807) is 35.4 Å². The lowest BCUT2D eigenvalue weighted by Gasteiger charge is -2.33. The van der Waals surface area contributed by atoms with E-state index in [1.165, 1.54) is 6.07 Å². The molecule has 0 amide bonds. The lowest BCUT2D eigenvalue weighted by Crippen LogP contribution is -2.47. The van der Waals surface area contributed by atoms with Crippen molar-refractivity contribution in [1.29, 1.82) is 0 Å². The van der Waals surface area contributed by atoms with Gasteiger partial charge in [-0.25, -0.2) is 9.89 Å². The number of piperazine rings is 1. The molecule has 0 atom stereocenters. The number of aromatic amines is 1. The molecule has 1 aliphatic heterocycles. The van der Waals surface area contributed by atoms with E-state index in [0.717, 1.165) is 0 Å². The predicted octanol–water partition coefficient (Wildman–Crippen LogP) is 0.664. The van der Waals surface area contributed by atoms with Crippen molar-refractivity contribution in [1.82, 2.24) is 15.3 Å². The molecule has 0 saturated carbocycles. The smallest absolute Gasteiger partial charge is 0.357 e. The van der Waals surface area contributed by atoms with Crippen molar-refractivity contribution in [2.75, 3.05) is 31.1 Å². The fourth-order valence-electron chi connectivity index (χ4n) is 2.27. The van der Waals surface area contributed by atoms with E-state index in [9.17, 15) is 9.59 Å². The van der Waals surface area contributed by atoms with Crippen LogP contribution in [0.5, 0.6) is 0 Å². The zero-order chi connectivity index (χ0) is 15.4. The van der Waals surface area contributed by atoms with Crippen molar-refractivity contribution in [3.63, 3.8) is 0 Å². The van der Waals surface area contributed by atoms with E-state index in [2.05, 4.69) is 10.2 Å². The number of nitrogens with zero attached hydrogens (tertiary/aromatic N) is 3. The predicted molar refractivity (Wildman–Crippen MR) is 80.5 cm³/mol. The summed E-state index contributed by atoms with van der Waals surface area (Å²) in [6, 6.07) is 12.0. The van der Waals surface area contributed by atoms with E-state index in [1.807, 2.05) is 11.0 Å². The zero-order valence-corrected chi connectivity index (χ0v) is 11.9. The number of hydroxylamine groups is 2. The maximum Gasteiger partial charge on any atom is 0.357 e. The highest BCUT2D eigenvalue weighted by molar-refractivity contribution is 5.89. The summed E-state index contributed by atoms with van der Waals surface area (Å²) in [6.45, 7) is 2.50. The van der Waals surface area contributed by atoms with Crippen molar-refractivity contribution >= 4 is 11.8 Å². The Morgan fingerprint density at radius 2 is 1.77 bits per heavy atom. The molecular formula is C15H16N4O3. The van der Waals surface area contributed by atoms with E-state index >= 15 is 0 Å². The molecule has 0 unspecified atom stereocenters. The second-order valence-corrected chi connectivity index (χ2v) is 4.94. The minimum atomic E-state index is -0.351. The third-order valence-electron chi connectivity index (χ3n) is 3.45. The van der Waals surface area contributed by atoms with Crippen LogP contribution in [0.15, 0.2) is 47.3 Å². The molecule has 114 valence electrons. The van der Waals surface area contributed by atoms with E-state index in [-0.39, 0.29) is 11.5 Å². The first kappa shape index (κ1) is 14.3. The van der Waals surface area contributed by atoms with Crippen LogP contribution in [0.1, 0.15) is 10.4 Å². The maximum absolute atomic E-state index is 12.0. The third kappa shape index (κ3) is 3.32. The number of nitrogens with one attached hydrogen (secondary N) is 1.